The number of hydrogen-bond donors (Lipinski definition) is 0. The van der Waals surface area contributed by atoms with Crippen LogP contribution in [-0.2, 0) is 16.1 Å². The van der Waals surface area contributed by atoms with Gasteiger partial charge in [0, 0.05) is 32.7 Å². The molecular weight excluding hydrogens is 346 g/mol. The Balaban J connectivity index is 1.69. The summed E-state index contributed by atoms with van der Waals surface area (Å²) >= 11 is 8.35. The lowest BCUT2D eigenvalue weighted by Gasteiger charge is -2.03. The van der Waals surface area contributed by atoms with Gasteiger partial charge in [0.15, 0.2) is 0 Å². The minimum atomic E-state index is -0.460. The van der Waals surface area contributed by atoms with Gasteiger partial charge in [-0.3, -0.25) is 14.9 Å². The number of halogens is 1. The Bertz CT molecular complexity index is 657. The lowest BCUT2D eigenvalue weighted by atomic mass is 10.3. The largest absolute Gasteiger partial charge is 0.461 e. The molecule has 1 heterocycles. The maximum absolute atomic E-state index is 11.6. The number of benzene rings is 1. The number of hydrogen-bond acceptors (Lipinski definition) is 6. The van der Waals surface area contributed by atoms with Crippen molar-refractivity contribution in [2.45, 2.75) is 17.9 Å². The summed E-state index contributed by atoms with van der Waals surface area (Å²) in [6, 6.07) is 8.80. The Morgan fingerprint density at radius 3 is 2.73 bits per heavy atom. The molecule has 2 rings (SSSR count). The van der Waals surface area contributed by atoms with Crippen molar-refractivity contribution in [1.29, 1.82) is 0 Å². The monoisotopic (exact) mass is 357 g/mol. The van der Waals surface area contributed by atoms with Crippen molar-refractivity contribution in [3.8, 4) is 0 Å². The van der Waals surface area contributed by atoms with E-state index in [0.29, 0.717) is 16.3 Å². The second kappa shape index (κ2) is 8.17. The molecule has 0 fully saturated rings. The molecule has 116 valence electrons. The standard InChI is InChI=1S/C14H12ClNO4S2/c15-11-1-3-12(4-2-11)21-6-5-14(17)20-8-10-7-13(16(18)19)22-9-10/h1-4,7,9H,5-6,8H2. The van der Waals surface area contributed by atoms with Gasteiger partial charge in [-0.2, -0.15) is 0 Å². The molecule has 0 unspecified atom stereocenters. The third-order valence-electron chi connectivity index (χ3n) is 2.61. The predicted molar refractivity (Wildman–Crippen MR) is 87.6 cm³/mol. The van der Waals surface area contributed by atoms with Crippen molar-refractivity contribution in [1.82, 2.24) is 0 Å². The number of nitro groups is 1. The zero-order valence-electron chi connectivity index (χ0n) is 11.4. The zero-order valence-corrected chi connectivity index (χ0v) is 13.7. The van der Waals surface area contributed by atoms with E-state index in [1.807, 2.05) is 12.1 Å². The van der Waals surface area contributed by atoms with Crippen LogP contribution in [-0.4, -0.2) is 16.6 Å². The van der Waals surface area contributed by atoms with Crippen molar-refractivity contribution in [3.63, 3.8) is 0 Å². The molecule has 0 saturated heterocycles. The van der Waals surface area contributed by atoms with Gasteiger partial charge in [-0.25, -0.2) is 0 Å². The summed E-state index contributed by atoms with van der Waals surface area (Å²) in [5.74, 6) is 0.278. The van der Waals surface area contributed by atoms with Crippen LogP contribution in [0.2, 0.25) is 5.02 Å². The molecule has 8 heteroatoms. The highest BCUT2D eigenvalue weighted by Gasteiger charge is 2.11. The van der Waals surface area contributed by atoms with Crippen LogP contribution in [0.1, 0.15) is 12.0 Å². The van der Waals surface area contributed by atoms with E-state index in [-0.39, 0.29) is 24.0 Å². The second-order valence-electron chi connectivity index (χ2n) is 4.26. The highest BCUT2D eigenvalue weighted by Crippen LogP contribution is 2.23. The number of thioether (sulfide) groups is 1. The first-order valence-corrected chi connectivity index (χ1v) is 8.55. The normalized spacial score (nSPS) is 10.4. The van der Waals surface area contributed by atoms with Gasteiger partial charge in [-0.1, -0.05) is 22.9 Å². The molecule has 0 radical (unpaired) electrons. The maximum Gasteiger partial charge on any atom is 0.324 e. The fourth-order valence-electron chi connectivity index (χ4n) is 1.55. The minimum absolute atomic E-state index is 0.0457. The third-order valence-corrected chi connectivity index (χ3v) is 4.80. The summed E-state index contributed by atoms with van der Waals surface area (Å²) in [4.78, 5) is 22.7. The van der Waals surface area contributed by atoms with Gasteiger partial charge in [0.2, 0.25) is 0 Å². The van der Waals surface area contributed by atoms with Crippen molar-refractivity contribution < 1.29 is 14.5 Å². The van der Waals surface area contributed by atoms with E-state index in [1.54, 1.807) is 29.3 Å². The zero-order chi connectivity index (χ0) is 15.9. The minimum Gasteiger partial charge on any atom is -0.461 e. The molecule has 0 spiro atoms. The van der Waals surface area contributed by atoms with Crippen molar-refractivity contribution in [3.05, 3.63) is 56.4 Å². The summed E-state index contributed by atoms with van der Waals surface area (Å²) in [7, 11) is 0. The van der Waals surface area contributed by atoms with Gasteiger partial charge >= 0.3 is 11.0 Å². The number of carbonyl (C=O) groups excluding carboxylic acids is 1. The Morgan fingerprint density at radius 2 is 2.09 bits per heavy atom. The quantitative estimate of drug-likeness (QED) is 0.315. The molecule has 22 heavy (non-hydrogen) atoms. The van der Waals surface area contributed by atoms with Crippen LogP contribution in [0.4, 0.5) is 5.00 Å². The summed E-state index contributed by atoms with van der Waals surface area (Å²) < 4.78 is 5.09. The lowest BCUT2D eigenvalue weighted by Crippen LogP contribution is -2.05. The molecule has 0 atom stereocenters. The van der Waals surface area contributed by atoms with Gasteiger partial charge in [-0.15, -0.1) is 11.8 Å². The van der Waals surface area contributed by atoms with Crippen molar-refractivity contribution in [2.75, 3.05) is 5.75 Å². The molecule has 0 aliphatic carbocycles. The van der Waals surface area contributed by atoms with Gasteiger partial charge < -0.3 is 4.74 Å². The molecule has 5 nitrogen and oxygen atoms in total. The summed E-state index contributed by atoms with van der Waals surface area (Å²) in [6.07, 6.45) is 0.277. The molecule has 2 aromatic rings. The number of thiophene rings is 1. The molecule has 0 N–H and O–H groups in total. The van der Waals surface area contributed by atoms with Crippen LogP contribution >= 0.6 is 34.7 Å². The van der Waals surface area contributed by atoms with E-state index < -0.39 is 4.92 Å². The van der Waals surface area contributed by atoms with Crippen LogP contribution in [0, 0.1) is 10.1 Å². The van der Waals surface area contributed by atoms with E-state index in [4.69, 9.17) is 16.3 Å². The first-order chi connectivity index (χ1) is 10.5. The molecule has 1 aromatic carbocycles. The molecule has 0 aliphatic heterocycles. The molecule has 0 bridgehead atoms. The Kier molecular flexibility index (Phi) is 6.23. The highest BCUT2D eigenvalue weighted by atomic mass is 35.5. The third kappa shape index (κ3) is 5.32. The van der Waals surface area contributed by atoms with Crippen LogP contribution in [0.15, 0.2) is 40.6 Å². The van der Waals surface area contributed by atoms with Gasteiger partial charge in [0.25, 0.3) is 0 Å². The molecule has 1 aromatic heterocycles. The van der Waals surface area contributed by atoms with Crippen LogP contribution in [0.3, 0.4) is 0 Å². The number of carbonyl (C=O) groups is 1. The summed E-state index contributed by atoms with van der Waals surface area (Å²) in [5.41, 5.74) is 0.635. The van der Waals surface area contributed by atoms with E-state index in [2.05, 4.69) is 0 Å². The van der Waals surface area contributed by atoms with E-state index >= 15 is 0 Å². The average molecular weight is 358 g/mol. The number of ether oxygens (including phenoxy) is 1. The fourth-order valence-corrected chi connectivity index (χ4v) is 3.23. The van der Waals surface area contributed by atoms with Gasteiger partial charge in [-0.05, 0) is 24.3 Å². The smallest absolute Gasteiger partial charge is 0.324 e. The van der Waals surface area contributed by atoms with Gasteiger partial charge in [0.05, 0.1) is 11.3 Å². The van der Waals surface area contributed by atoms with Crippen molar-refractivity contribution in [2.24, 2.45) is 0 Å². The number of nitrogens with zero attached hydrogens (tertiary/aromatic N) is 1. The molecular formula is C14H12ClNO4S2. The van der Waals surface area contributed by atoms with Gasteiger partial charge in [0.1, 0.15) is 6.61 Å². The highest BCUT2D eigenvalue weighted by molar-refractivity contribution is 7.99. The first kappa shape index (κ1) is 16.8. The van der Waals surface area contributed by atoms with Crippen LogP contribution in [0.25, 0.3) is 0 Å². The molecule has 0 amide bonds. The number of rotatable bonds is 7. The SMILES string of the molecule is O=C(CCSc1ccc(Cl)cc1)OCc1csc([N+](=O)[O-])c1. The number of esters is 1. The Morgan fingerprint density at radius 1 is 1.36 bits per heavy atom. The van der Waals surface area contributed by atoms with E-state index in [9.17, 15) is 14.9 Å². The fraction of sp³-hybridized carbons (Fsp3) is 0.214. The molecule has 0 saturated carbocycles. The maximum atomic E-state index is 11.6. The summed E-state index contributed by atoms with van der Waals surface area (Å²) in [5, 5.41) is 12.9. The average Bonchev–Trinajstić information content (AvgIpc) is 2.96. The first-order valence-electron chi connectivity index (χ1n) is 6.30. The van der Waals surface area contributed by atoms with E-state index in [0.717, 1.165) is 16.2 Å². The van der Waals surface area contributed by atoms with Crippen LogP contribution in [0.5, 0.6) is 0 Å². The lowest BCUT2D eigenvalue weighted by molar-refractivity contribution is -0.380. The Labute approximate surface area is 140 Å². The predicted octanol–water partition coefficient (Wildman–Crippen LogP) is 4.54. The molecule has 0 aliphatic rings. The topological polar surface area (TPSA) is 69.4 Å². The van der Waals surface area contributed by atoms with Crippen molar-refractivity contribution >= 4 is 45.7 Å². The summed E-state index contributed by atoms with van der Waals surface area (Å²) in [6.45, 7) is 0.0643. The van der Waals surface area contributed by atoms with E-state index in [1.165, 1.54) is 6.07 Å². The van der Waals surface area contributed by atoms with Crippen LogP contribution < -0.4 is 0 Å². The second-order valence-corrected chi connectivity index (χ2v) is 6.76. The Hall–Kier alpha value is -1.57.